The molecule has 0 aliphatic carbocycles. The molecular formula is C20H26ClN5O2. The van der Waals surface area contributed by atoms with E-state index in [-0.39, 0.29) is 30.3 Å². The largest absolute Gasteiger partial charge is 0.384 e. The van der Waals surface area contributed by atoms with E-state index in [4.69, 9.17) is 5.73 Å². The lowest BCUT2D eigenvalue weighted by atomic mass is 9.96. The molecule has 3 rings (SSSR count). The maximum Gasteiger partial charge on any atom is 0.320 e. The van der Waals surface area contributed by atoms with Gasteiger partial charge in [-0.05, 0) is 30.5 Å². The minimum absolute atomic E-state index is 0. The highest BCUT2D eigenvalue weighted by Crippen LogP contribution is 2.21. The van der Waals surface area contributed by atoms with Crippen LogP contribution in [0, 0.1) is 5.92 Å². The van der Waals surface area contributed by atoms with Gasteiger partial charge in [0.25, 0.3) is 0 Å². The second-order valence-corrected chi connectivity index (χ2v) is 6.85. The van der Waals surface area contributed by atoms with Crippen LogP contribution in [-0.4, -0.2) is 46.9 Å². The number of rotatable bonds is 4. The molecule has 1 aliphatic rings. The summed E-state index contributed by atoms with van der Waals surface area (Å²) in [7, 11) is 1.81. The van der Waals surface area contributed by atoms with Crippen LogP contribution < -0.4 is 11.1 Å². The van der Waals surface area contributed by atoms with Crippen molar-refractivity contribution < 1.29 is 9.59 Å². The van der Waals surface area contributed by atoms with Gasteiger partial charge in [0.1, 0.15) is 5.82 Å². The standard InChI is InChI=1S/C20H25N5O2.ClH/c1-24(14-15-5-3-2-4-6-15)20(27)25-11-9-16(10-12-25)19(26)23-17-7-8-18(21)22-13-17;/h2-8,13,16H,9-12,14H2,1H3,(H2,21,22)(H,23,26);1H. The van der Waals surface area contributed by atoms with E-state index in [9.17, 15) is 9.59 Å². The Morgan fingerprint density at radius 1 is 1.18 bits per heavy atom. The van der Waals surface area contributed by atoms with Crippen molar-refractivity contribution in [3.8, 4) is 0 Å². The maximum atomic E-state index is 12.6. The van der Waals surface area contributed by atoms with Gasteiger partial charge >= 0.3 is 6.03 Å². The monoisotopic (exact) mass is 403 g/mol. The van der Waals surface area contributed by atoms with Crippen molar-refractivity contribution in [1.82, 2.24) is 14.8 Å². The number of benzene rings is 1. The average molecular weight is 404 g/mol. The Bertz CT molecular complexity index is 777. The first kappa shape index (κ1) is 21.5. The molecule has 1 saturated heterocycles. The number of piperidine rings is 1. The van der Waals surface area contributed by atoms with Gasteiger partial charge in [-0.25, -0.2) is 9.78 Å². The number of nitrogen functional groups attached to an aromatic ring is 1. The molecule has 0 unspecified atom stereocenters. The number of halogens is 1. The highest BCUT2D eigenvalue weighted by atomic mass is 35.5. The molecule has 3 amide bonds. The number of anilines is 2. The Balaban J connectivity index is 0.00000280. The molecule has 1 aromatic carbocycles. The van der Waals surface area contributed by atoms with Gasteiger partial charge in [0.15, 0.2) is 0 Å². The van der Waals surface area contributed by atoms with Crippen LogP contribution in [0.1, 0.15) is 18.4 Å². The Labute approximate surface area is 171 Å². The first-order chi connectivity index (χ1) is 13.0. The SMILES string of the molecule is CN(Cc1ccccc1)C(=O)N1CCC(C(=O)Nc2ccc(N)nc2)CC1.Cl. The number of hydrogen-bond acceptors (Lipinski definition) is 4. The van der Waals surface area contributed by atoms with Gasteiger partial charge in [0, 0.05) is 32.6 Å². The van der Waals surface area contributed by atoms with E-state index in [0.717, 1.165) is 5.56 Å². The molecule has 2 heterocycles. The molecule has 1 aliphatic heterocycles. The summed E-state index contributed by atoms with van der Waals surface area (Å²) < 4.78 is 0. The van der Waals surface area contributed by atoms with Crippen molar-refractivity contribution >= 4 is 35.9 Å². The van der Waals surface area contributed by atoms with Gasteiger partial charge in [-0.15, -0.1) is 12.4 Å². The quantitative estimate of drug-likeness (QED) is 0.820. The number of nitrogens with one attached hydrogen (secondary N) is 1. The third kappa shape index (κ3) is 5.60. The molecule has 0 atom stereocenters. The zero-order valence-electron chi connectivity index (χ0n) is 15.9. The Morgan fingerprint density at radius 2 is 1.86 bits per heavy atom. The number of pyridine rings is 1. The van der Waals surface area contributed by atoms with E-state index in [1.807, 2.05) is 42.3 Å². The lowest BCUT2D eigenvalue weighted by Gasteiger charge is -2.34. The van der Waals surface area contributed by atoms with Crippen molar-refractivity contribution in [2.75, 3.05) is 31.2 Å². The molecule has 28 heavy (non-hydrogen) atoms. The van der Waals surface area contributed by atoms with Gasteiger partial charge < -0.3 is 20.9 Å². The van der Waals surface area contributed by atoms with Crippen LogP contribution in [0.25, 0.3) is 0 Å². The Kier molecular flexibility index (Phi) is 7.63. The number of aromatic nitrogens is 1. The lowest BCUT2D eigenvalue weighted by Crippen LogP contribution is -2.46. The second kappa shape index (κ2) is 9.94. The summed E-state index contributed by atoms with van der Waals surface area (Å²) in [6.45, 7) is 1.73. The van der Waals surface area contributed by atoms with Gasteiger partial charge in [-0.1, -0.05) is 30.3 Å². The number of likely N-dealkylation sites (tertiary alicyclic amines) is 1. The van der Waals surface area contributed by atoms with Crippen LogP contribution in [0.15, 0.2) is 48.7 Å². The number of urea groups is 1. The Morgan fingerprint density at radius 3 is 2.46 bits per heavy atom. The highest BCUT2D eigenvalue weighted by Gasteiger charge is 2.28. The molecule has 0 spiro atoms. The van der Waals surface area contributed by atoms with Crippen molar-refractivity contribution in [2.45, 2.75) is 19.4 Å². The summed E-state index contributed by atoms with van der Waals surface area (Å²) in [6.07, 6.45) is 2.85. The predicted molar refractivity (Wildman–Crippen MR) is 112 cm³/mol. The van der Waals surface area contributed by atoms with Crippen LogP contribution in [0.2, 0.25) is 0 Å². The molecule has 2 aromatic rings. The summed E-state index contributed by atoms with van der Waals surface area (Å²) in [5, 5.41) is 2.87. The molecule has 150 valence electrons. The molecule has 0 radical (unpaired) electrons. The van der Waals surface area contributed by atoms with Crippen molar-refractivity contribution in [3.63, 3.8) is 0 Å². The van der Waals surface area contributed by atoms with Crippen LogP contribution >= 0.6 is 12.4 Å². The number of carbonyl (C=O) groups is 2. The molecule has 8 heteroatoms. The van der Waals surface area contributed by atoms with E-state index in [1.54, 1.807) is 23.2 Å². The van der Waals surface area contributed by atoms with Crippen molar-refractivity contribution in [1.29, 1.82) is 0 Å². The smallest absolute Gasteiger partial charge is 0.320 e. The molecule has 0 bridgehead atoms. The number of nitrogens with two attached hydrogens (primary N) is 1. The van der Waals surface area contributed by atoms with Crippen molar-refractivity contribution in [2.24, 2.45) is 5.92 Å². The fourth-order valence-electron chi connectivity index (χ4n) is 3.22. The summed E-state index contributed by atoms with van der Waals surface area (Å²) in [5.74, 6) is 0.275. The summed E-state index contributed by atoms with van der Waals surface area (Å²) >= 11 is 0. The first-order valence-corrected chi connectivity index (χ1v) is 9.09. The molecule has 7 nitrogen and oxygen atoms in total. The van der Waals surface area contributed by atoms with Gasteiger partial charge in [0.05, 0.1) is 11.9 Å². The lowest BCUT2D eigenvalue weighted by molar-refractivity contribution is -0.121. The first-order valence-electron chi connectivity index (χ1n) is 9.09. The summed E-state index contributed by atoms with van der Waals surface area (Å²) in [5.41, 5.74) is 7.28. The van der Waals surface area contributed by atoms with Crippen LogP contribution in [0.3, 0.4) is 0 Å². The van der Waals surface area contributed by atoms with E-state index >= 15 is 0 Å². The highest BCUT2D eigenvalue weighted by molar-refractivity contribution is 5.92. The van der Waals surface area contributed by atoms with Crippen LogP contribution in [0.5, 0.6) is 0 Å². The number of nitrogens with zero attached hydrogens (tertiary/aromatic N) is 3. The molecule has 0 saturated carbocycles. The number of carbonyl (C=O) groups excluding carboxylic acids is 2. The topological polar surface area (TPSA) is 91.6 Å². The molecule has 3 N–H and O–H groups in total. The summed E-state index contributed by atoms with van der Waals surface area (Å²) in [4.78, 5) is 32.6. The van der Waals surface area contributed by atoms with Gasteiger partial charge in [-0.3, -0.25) is 4.79 Å². The summed E-state index contributed by atoms with van der Waals surface area (Å²) in [6, 6.07) is 13.3. The maximum absolute atomic E-state index is 12.6. The average Bonchev–Trinajstić information content (AvgIpc) is 2.70. The van der Waals surface area contributed by atoms with Crippen molar-refractivity contribution in [3.05, 3.63) is 54.2 Å². The minimum atomic E-state index is -0.106. The fourth-order valence-corrected chi connectivity index (χ4v) is 3.22. The Hall–Kier alpha value is -2.80. The van der Waals surface area contributed by atoms with Gasteiger partial charge in [-0.2, -0.15) is 0 Å². The molecule has 1 fully saturated rings. The minimum Gasteiger partial charge on any atom is -0.384 e. The number of hydrogen-bond donors (Lipinski definition) is 2. The second-order valence-electron chi connectivity index (χ2n) is 6.85. The van der Waals surface area contributed by atoms with Crippen LogP contribution in [0.4, 0.5) is 16.3 Å². The molecule has 1 aromatic heterocycles. The van der Waals surface area contributed by atoms with E-state index in [2.05, 4.69) is 10.3 Å². The fraction of sp³-hybridized carbons (Fsp3) is 0.350. The van der Waals surface area contributed by atoms with E-state index in [1.165, 1.54) is 0 Å². The zero-order chi connectivity index (χ0) is 19.2. The predicted octanol–water partition coefficient (Wildman–Crippen LogP) is 2.99. The molecular weight excluding hydrogens is 378 g/mol. The van der Waals surface area contributed by atoms with E-state index < -0.39 is 0 Å². The van der Waals surface area contributed by atoms with Crippen LogP contribution in [-0.2, 0) is 11.3 Å². The zero-order valence-corrected chi connectivity index (χ0v) is 16.7. The third-order valence-corrected chi connectivity index (χ3v) is 4.78. The number of amides is 3. The van der Waals surface area contributed by atoms with Gasteiger partial charge in [0.2, 0.25) is 5.91 Å². The van der Waals surface area contributed by atoms with E-state index in [0.29, 0.717) is 44.0 Å². The third-order valence-electron chi connectivity index (χ3n) is 4.78. The normalized spacial score (nSPS) is 14.1.